The minimum atomic E-state index is 1.22. The molecule has 1 heteroatoms. The fourth-order valence-electron chi connectivity index (χ4n) is 7.65. The SMILES string of the molecule is c1ccc(-c2ccc(-c3cccc(-c4cc(-c5ccc6c7ccccc7c7ccccc7c6c5)c5sc6ccccc6c5c4)c3)cc2)cc1. The van der Waals surface area contributed by atoms with Crippen LogP contribution in [0.5, 0.6) is 0 Å². The summed E-state index contributed by atoms with van der Waals surface area (Å²) in [5.41, 5.74) is 9.90. The highest BCUT2D eigenvalue weighted by Crippen LogP contribution is 2.45. The van der Waals surface area contributed by atoms with E-state index in [-0.39, 0.29) is 0 Å². The molecule has 0 aliphatic heterocycles. The largest absolute Gasteiger partial charge is 0.135 e. The summed E-state index contributed by atoms with van der Waals surface area (Å²) in [6.45, 7) is 0. The molecule has 10 rings (SSSR count). The summed E-state index contributed by atoms with van der Waals surface area (Å²) in [7, 11) is 0. The Balaban J connectivity index is 1.16. The molecule has 0 saturated carbocycles. The van der Waals surface area contributed by atoms with Crippen molar-refractivity contribution in [3.8, 4) is 44.5 Å². The van der Waals surface area contributed by atoms with Crippen molar-refractivity contribution < 1.29 is 0 Å². The van der Waals surface area contributed by atoms with E-state index in [4.69, 9.17) is 0 Å². The molecule has 49 heavy (non-hydrogen) atoms. The fourth-order valence-corrected chi connectivity index (χ4v) is 8.87. The monoisotopic (exact) mass is 638 g/mol. The van der Waals surface area contributed by atoms with Crippen molar-refractivity contribution in [3.05, 3.63) is 182 Å². The molecule has 0 spiro atoms. The van der Waals surface area contributed by atoms with E-state index < -0.39 is 0 Å². The third-order valence-electron chi connectivity index (χ3n) is 10.1. The normalized spacial score (nSPS) is 11.7. The van der Waals surface area contributed by atoms with Gasteiger partial charge in [-0.15, -0.1) is 11.3 Å². The van der Waals surface area contributed by atoms with E-state index in [1.54, 1.807) is 0 Å². The first-order valence-electron chi connectivity index (χ1n) is 16.8. The summed E-state index contributed by atoms with van der Waals surface area (Å²) >= 11 is 1.90. The van der Waals surface area contributed by atoms with Gasteiger partial charge in [-0.1, -0.05) is 152 Å². The van der Waals surface area contributed by atoms with Crippen LogP contribution in [0.25, 0.3) is 97.0 Å². The predicted molar refractivity (Wildman–Crippen MR) is 214 cm³/mol. The van der Waals surface area contributed by atoms with Gasteiger partial charge in [0.15, 0.2) is 0 Å². The zero-order valence-corrected chi connectivity index (χ0v) is 27.5. The highest BCUT2D eigenvalue weighted by Gasteiger charge is 2.16. The second-order valence-corrected chi connectivity index (χ2v) is 13.9. The van der Waals surface area contributed by atoms with Gasteiger partial charge in [-0.05, 0) is 102 Å². The number of hydrogen-bond donors (Lipinski definition) is 0. The molecule has 1 aromatic heterocycles. The highest BCUT2D eigenvalue weighted by atomic mass is 32.1. The topological polar surface area (TPSA) is 0 Å². The molecule has 9 aromatic carbocycles. The van der Waals surface area contributed by atoms with Crippen molar-refractivity contribution in [1.29, 1.82) is 0 Å². The summed E-state index contributed by atoms with van der Waals surface area (Å²) in [5.74, 6) is 0. The minimum Gasteiger partial charge on any atom is -0.135 e. The van der Waals surface area contributed by atoms with Crippen LogP contribution in [0.1, 0.15) is 0 Å². The van der Waals surface area contributed by atoms with E-state index in [1.807, 2.05) is 11.3 Å². The Morgan fingerprint density at radius 1 is 0.245 bits per heavy atom. The molecule has 228 valence electrons. The summed E-state index contributed by atoms with van der Waals surface area (Å²) < 4.78 is 2.66. The van der Waals surface area contributed by atoms with Gasteiger partial charge in [0.25, 0.3) is 0 Å². The Morgan fingerprint density at radius 2 is 0.714 bits per heavy atom. The van der Waals surface area contributed by atoms with Gasteiger partial charge in [0.05, 0.1) is 0 Å². The molecule has 0 radical (unpaired) electrons. The Kier molecular flexibility index (Phi) is 6.47. The third-order valence-corrected chi connectivity index (χ3v) is 11.3. The Morgan fingerprint density at radius 3 is 1.41 bits per heavy atom. The lowest BCUT2D eigenvalue weighted by Gasteiger charge is -2.14. The first-order valence-corrected chi connectivity index (χ1v) is 17.7. The summed E-state index contributed by atoms with van der Waals surface area (Å²) in [6, 6.07) is 66.9. The smallest absolute Gasteiger partial charge is 0.0434 e. The van der Waals surface area contributed by atoms with Gasteiger partial charge in [-0.2, -0.15) is 0 Å². The van der Waals surface area contributed by atoms with Gasteiger partial charge < -0.3 is 0 Å². The average molecular weight is 639 g/mol. The molecule has 1 heterocycles. The number of fused-ring (bicyclic) bond motifs is 9. The highest BCUT2D eigenvalue weighted by molar-refractivity contribution is 7.26. The summed E-state index contributed by atoms with van der Waals surface area (Å²) in [4.78, 5) is 0. The summed E-state index contributed by atoms with van der Waals surface area (Å²) in [6.07, 6.45) is 0. The molecule has 0 nitrogen and oxygen atoms in total. The Labute approximate surface area is 289 Å². The predicted octanol–water partition coefficient (Wildman–Crippen LogP) is 14.2. The van der Waals surface area contributed by atoms with E-state index in [0.29, 0.717) is 0 Å². The fraction of sp³-hybridized carbons (Fsp3) is 0. The quantitative estimate of drug-likeness (QED) is 0.168. The number of benzene rings is 9. The van der Waals surface area contributed by atoms with Crippen molar-refractivity contribution >= 4 is 63.8 Å². The number of rotatable bonds is 4. The van der Waals surface area contributed by atoms with Crippen molar-refractivity contribution in [2.75, 3.05) is 0 Å². The van der Waals surface area contributed by atoms with E-state index in [9.17, 15) is 0 Å². The van der Waals surface area contributed by atoms with E-state index >= 15 is 0 Å². The van der Waals surface area contributed by atoms with E-state index in [0.717, 1.165) is 0 Å². The van der Waals surface area contributed by atoms with Crippen LogP contribution >= 0.6 is 11.3 Å². The Hall–Kier alpha value is -6.02. The standard InChI is InChI=1S/C48H30S/c1-2-11-31(12-3-1)32-21-23-33(24-22-32)34-13-10-14-35(27-34)37-29-44(48-46(30-37)43-19-8-9-20-47(43)49-48)36-25-26-42-40-17-5-4-15-38(40)39-16-6-7-18-41(39)45(42)28-36/h1-30H. The molecule has 0 fully saturated rings. The lowest BCUT2D eigenvalue weighted by Crippen LogP contribution is -1.87. The van der Waals surface area contributed by atoms with Crippen LogP contribution in [-0.4, -0.2) is 0 Å². The molecule has 0 saturated heterocycles. The average Bonchev–Trinajstić information content (AvgIpc) is 3.57. The molecule has 0 atom stereocenters. The number of hydrogen-bond acceptors (Lipinski definition) is 1. The molecular weight excluding hydrogens is 609 g/mol. The molecule has 0 aliphatic rings. The Bertz CT molecular complexity index is 2820. The maximum atomic E-state index is 2.43. The molecule has 0 N–H and O–H groups in total. The summed E-state index contributed by atoms with van der Waals surface area (Å²) in [5, 5.41) is 10.4. The molecule has 10 aromatic rings. The van der Waals surface area contributed by atoms with Crippen LogP contribution in [0.4, 0.5) is 0 Å². The maximum absolute atomic E-state index is 2.43. The maximum Gasteiger partial charge on any atom is 0.0434 e. The van der Waals surface area contributed by atoms with Crippen LogP contribution < -0.4 is 0 Å². The van der Waals surface area contributed by atoms with Crippen LogP contribution in [0, 0.1) is 0 Å². The van der Waals surface area contributed by atoms with E-state index in [1.165, 1.54) is 97.0 Å². The lowest BCUT2D eigenvalue weighted by atomic mass is 9.90. The van der Waals surface area contributed by atoms with Gasteiger partial charge >= 0.3 is 0 Å². The zero-order chi connectivity index (χ0) is 32.3. The van der Waals surface area contributed by atoms with Crippen molar-refractivity contribution in [3.63, 3.8) is 0 Å². The van der Waals surface area contributed by atoms with Crippen LogP contribution in [-0.2, 0) is 0 Å². The first kappa shape index (κ1) is 28.0. The van der Waals surface area contributed by atoms with Gasteiger partial charge in [0.2, 0.25) is 0 Å². The van der Waals surface area contributed by atoms with Crippen molar-refractivity contribution in [2.24, 2.45) is 0 Å². The first-order chi connectivity index (χ1) is 24.3. The zero-order valence-electron chi connectivity index (χ0n) is 26.7. The molecular formula is C48H30S. The van der Waals surface area contributed by atoms with Gasteiger partial charge in [0.1, 0.15) is 0 Å². The van der Waals surface area contributed by atoms with Crippen LogP contribution in [0.2, 0.25) is 0 Å². The second kappa shape index (κ2) is 11.3. The van der Waals surface area contributed by atoms with Crippen LogP contribution in [0.3, 0.4) is 0 Å². The minimum absolute atomic E-state index is 1.22. The van der Waals surface area contributed by atoms with Gasteiger partial charge in [0, 0.05) is 25.7 Å². The van der Waals surface area contributed by atoms with Gasteiger partial charge in [-0.3, -0.25) is 0 Å². The van der Waals surface area contributed by atoms with Crippen LogP contribution in [0.15, 0.2) is 182 Å². The lowest BCUT2D eigenvalue weighted by molar-refractivity contribution is 1.58. The third kappa shape index (κ3) is 4.66. The molecule has 0 bridgehead atoms. The second-order valence-electron chi connectivity index (χ2n) is 12.9. The van der Waals surface area contributed by atoms with Crippen molar-refractivity contribution in [1.82, 2.24) is 0 Å². The molecule has 0 unspecified atom stereocenters. The number of thiophene rings is 1. The van der Waals surface area contributed by atoms with Gasteiger partial charge in [-0.25, -0.2) is 0 Å². The van der Waals surface area contributed by atoms with Crippen molar-refractivity contribution in [2.45, 2.75) is 0 Å². The molecule has 0 amide bonds. The van der Waals surface area contributed by atoms with E-state index in [2.05, 4.69) is 182 Å². The molecule has 0 aliphatic carbocycles.